The first kappa shape index (κ1) is 23.8. The lowest BCUT2D eigenvalue weighted by atomic mass is 9.83. The van der Waals surface area contributed by atoms with Crippen LogP contribution in [0.3, 0.4) is 0 Å². The number of nitrogens with zero attached hydrogens (tertiary/aromatic N) is 1. The van der Waals surface area contributed by atoms with Crippen molar-refractivity contribution < 1.29 is 9.53 Å². The van der Waals surface area contributed by atoms with Crippen LogP contribution < -0.4 is 5.32 Å². The minimum atomic E-state index is -0.0827. The zero-order valence-electron chi connectivity index (χ0n) is 20.8. The first-order valence-corrected chi connectivity index (χ1v) is 12.9. The minimum absolute atomic E-state index is 0.0255. The summed E-state index contributed by atoms with van der Waals surface area (Å²) in [5.74, 6) is 0.942. The average Bonchev–Trinajstić information content (AvgIpc) is 3.39. The van der Waals surface area contributed by atoms with Crippen LogP contribution in [0, 0.1) is 11.8 Å². The van der Waals surface area contributed by atoms with Gasteiger partial charge < -0.3 is 15.0 Å². The molecule has 1 amide bonds. The lowest BCUT2D eigenvalue weighted by Crippen LogP contribution is -2.47. The van der Waals surface area contributed by atoms with Gasteiger partial charge in [-0.25, -0.2) is 0 Å². The summed E-state index contributed by atoms with van der Waals surface area (Å²) in [6.45, 7) is 7.83. The van der Waals surface area contributed by atoms with Crippen LogP contribution >= 0.6 is 0 Å². The molecule has 3 atom stereocenters. The van der Waals surface area contributed by atoms with Crippen molar-refractivity contribution in [2.24, 2.45) is 11.8 Å². The highest BCUT2D eigenvalue weighted by Crippen LogP contribution is 2.38. The van der Waals surface area contributed by atoms with E-state index < -0.39 is 0 Å². The fraction of sp³-hybridized carbons (Fsp3) is 0.387. The monoisotopic (exact) mass is 468 g/mol. The maximum Gasteiger partial charge on any atom is 0.228 e. The first-order chi connectivity index (χ1) is 17.1. The molecule has 0 spiro atoms. The van der Waals surface area contributed by atoms with E-state index in [1.165, 1.54) is 22.3 Å². The van der Waals surface area contributed by atoms with E-state index in [2.05, 4.69) is 84.7 Å². The second-order valence-electron chi connectivity index (χ2n) is 10.3. The van der Waals surface area contributed by atoms with Crippen LogP contribution in [0.5, 0.6) is 0 Å². The number of nitrogens with one attached hydrogen (secondary N) is 1. The summed E-state index contributed by atoms with van der Waals surface area (Å²) < 4.78 is 5.79. The highest BCUT2D eigenvalue weighted by Gasteiger charge is 2.40. The van der Waals surface area contributed by atoms with E-state index in [4.69, 9.17) is 4.74 Å². The zero-order valence-corrected chi connectivity index (χ0v) is 20.8. The number of ether oxygens (including phenoxy) is 1. The SMILES string of the molecule is CC(C)Cc1ccc(-c2ccccc2[C@@H]2CNC[C@H]2C(=O)N2CCOC[C@@H]2c2ccccc2)cc1. The fourth-order valence-electron chi connectivity index (χ4n) is 5.67. The maximum absolute atomic E-state index is 14.0. The van der Waals surface area contributed by atoms with E-state index in [-0.39, 0.29) is 23.8 Å². The Hall–Kier alpha value is -2.95. The van der Waals surface area contributed by atoms with Crippen molar-refractivity contribution in [2.75, 3.05) is 32.8 Å². The van der Waals surface area contributed by atoms with Crippen LogP contribution in [0.4, 0.5) is 0 Å². The zero-order chi connectivity index (χ0) is 24.2. The van der Waals surface area contributed by atoms with E-state index in [0.29, 0.717) is 32.2 Å². The molecule has 3 aromatic carbocycles. The number of hydrogen-bond acceptors (Lipinski definition) is 3. The molecule has 2 saturated heterocycles. The molecule has 0 saturated carbocycles. The summed E-state index contributed by atoms with van der Waals surface area (Å²) in [7, 11) is 0. The minimum Gasteiger partial charge on any atom is -0.377 e. The lowest BCUT2D eigenvalue weighted by Gasteiger charge is -2.38. The molecule has 0 aliphatic carbocycles. The third-order valence-corrected chi connectivity index (χ3v) is 7.40. The first-order valence-electron chi connectivity index (χ1n) is 12.9. The molecule has 4 nitrogen and oxygen atoms in total. The lowest BCUT2D eigenvalue weighted by molar-refractivity contribution is -0.144. The highest BCUT2D eigenvalue weighted by molar-refractivity contribution is 5.82. The second-order valence-corrected chi connectivity index (χ2v) is 10.3. The smallest absolute Gasteiger partial charge is 0.228 e. The Balaban J connectivity index is 1.42. The molecule has 2 aliphatic rings. The summed E-state index contributed by atoms with van der Waals surface area (Å²) in [4.78, 5) is 16.1. The molecule has 0 radical (unpaired) electrons. The van der Waals surface area contributed by atoms with Crippen molar-refractivity contribution in [3.63, 3.8) is 0 Å². The molecule has 0 unspecified atom stereocenters. The largest absolute Gasteiger partial charge is 0.377 e. The predicted molar refractivity (Wildman–Crippen MR) is 141 cm³/mol. The number of rotatable bonds is 6. The van der Waals surface area contributed by atoms with Gasteiger partial charge in [0.1, 0.15) is 0 Å². The molecule has 182 valence electrons. The van der Waals surface area contributed by atoms with Gasteiger partial charge in [-0.3, -0.25) is 4.79 Å². The Morgan fingerprint density at radius 1 is 0.971 bits per heavy atom. The van der Waals surface area contributed by atoms with Crippen LogP contribution in [0.25, 0.3) is 11.1 Å². The van der Waals surface area contributed by atoms with E-state index >= 15 is 0 Å². The number of carbonyl (C=O) groups excluding carboxylic acids is 1. The normalized spacial score (nSPS) is 22.5. The van der Waals surface area contributed by atoms with Gasteiger partial charge >= 0.3 is 0 Å². The Bertz CT molecular complexity index is 1130. The number of morpholine rings is 1. The van der Waals surface area contributed by atoms with Gasteiger partial charge in [-0.05, 0) is 40.2 Å². The van der Waals surface area contributed by atoms with Crippen molar-refractivity contribution in [1.82, 2.24) is 10.2 Å². The van der Waals surface area contributed by atoms with Crippen LogP contribution in [0.1, 0.15) is 42.5 Å². The second kappa shape index (κ2) is 10.8. The van der Waals surface area contributed by atoms with Crippen LogP contribution in [-0.4, -0.2) is 43.7 Å². The summed E-state index contributed by atoms with van der Waals surface area (Å²) >= 11 is 0. The number of hydrogen-bond donors (Lipinski definition) is 1. The molecular weight excluding hydrogens is 432 g/mol. The maximum atomic E-state index is 14.0. The van der Waals surface area contributed by atoms with Crippen molar-refractivity contribution in [3.8, 4) is 11.1 Å². The Morgan fingerprint density at radius 2 is 1.71 bits per heavy atom. The molecule has 5 rings (SSSR count). The van der Waals surface area contributed by atoms with Gasteiger partial charge in [-0.15, -0.1) is 0 Å². The van der Waals surface area contributed by atoms with E-state index in [0.717, 1.165) is 18.5 Å². The number of carbonyl (C=O) groups is 1. The quantitative estimate of drug-likeness (QED) is 0.523. The molecule has 1 N–H and O–H groups in total. The Morgan fingerprint density at radius 3 is 2.49 bits per heavy atom. The third-order valence-electron chi connectivity index (χ3n) is 7.40. The topological polar surface area (TPSA) is 41.6 Å². The van der Waals surface area contributed by atoms with E-state index in [1.807, 2.05) is 18.2 Å². The summed E-state index contributed by atoms with van der Waals surface area (Å²) in [5.41, 5.74) is 6.23. The van der Waals surface area contributed by atoms with Gasteiger partial charge in [0.25, 0.3) is 0 Å². The molecule has 2 fully saturated rings. The standard InChI is InChI=1S/C31H36N2O2/c1-22(2)18-23-12-14-24(15-13-23)26-10-6-7-11-27(26)28-19-32-20-29(28)31(34)33-16-17-35-21-30(33)25-8-4-3-5-9-25/h3-15,22,28-30,32H,16-21H2,1-2H3/t28-,29+,30+/m0/s1. The van der Waals surface area contributed by atoms with E-state index in [1.54, 1.807) is 0 Å². The highest BCUT2D eigenvalue weighted by atomic mass is 16.5. The Labute approximate surface area is 209 Å². The molecule has 3 aromatic rings. The van der Waals surface area contributed by atoms with Crippen molar-refractivity contribution in [3.05, 3.63) is 95.6 Å². The van der Waals surface area contributed by atoms with Gasteiger partial charge in [-0.2, -0.15) is 0 Å². The third kappa shape index (κ3) is 5.19. The average molecular weight is 469 g/mol. The molecular formula is C31H36N2O2. The summed E-state index contributed by atoms with van der Waals surface area (Å²) in [6.07, 6.45) is 1.09. The van der Waals surface area contributed by atoms with Crippen LogP contribution in [-0.2, 0) is 16.0 Å². The van der Waals surface area contributed by atoms with Crippen molar-refractivity contribution in [1.29, 1.82) is 0 Å². The summed E-state index contributed by atoms with van der Waals surface area (Å²) in [5, 5.41) is 3.53. The molecule has 4 heteroatoms. The van der Waals surface area contributed by atoms with Crippen LogP contribution in [0.2, 0.25) is 0 Å². The molecule has 0 aromatic heterocycles. The van der Waals surface area contributed by atoms with E-state index in [9.17, 15) is 4.79 Å². The van der Waals surface area contributed by atoms with Crippen LogP contribution in [0.15, 0.2) is 78.9 Å². The molecule has 2 heterocycles. The molecule has 35 heavy (non-hydrogen) atoms. The fourth-order valence-corrected chi connectivity index (χ4v) is 5.67. The van der Waals surface area contributed by atoms with Gasteiger partial charge in [0.15, 0.2) is 0 Å². The Kier molecular flexibility index (Phi) is 7.31. The van der Waals surface area contributed by atoms with Gasteiger partial charge in [0.05, 0.1) is 25.2 Å². The summed E-state index contributed by atoms with van der Waals surface area (Å²) in [6, 6.07) is 27.9. The number of amides is 1. The van der Waals surface area contributed by atoms with Crippen molar-refractivity contribution >= 4 is 5.91 Å². The molecule has 0 bridgehead atoms. The van der Waals surface area contributed by atoms with Gasteiger partial charge in [0.2, 0.25) is 5.91 Å². The van der Waals surface area contributed by atoms with Gasteiger partial charge in [-0.1, -0.05) is 92.7 Å². The van der Waals surface area contributed by atoms with Gasteiger partial charge in [0, 0.05) is 25.6 Å². The van der Waals surface area contributed by atoms with Crippen molar-refractivity contribution in [2.45, 2.75) is 32.2 Å². The molecule has 2 aliphatic heterocycles. The number of benzene rings is 3. The predicted octanol–water partition coefficient (Wildman–Crippen LogP) is 5.46.